The predicted molar refractivity (Wildman–Crippen MR) is 54.7 cm³/mol. The molecule has 14 heavy (non-hydrogen) atoms. The van der Waals surface area contributed by atoms with E-state index in [1.807, 2.05) is 6.92 Å². The second kappa shape index (κ2) is 3.44. The van der Waals surface area contributed by atoms with Crippen LogP contribution in [0.2, 0.25) is 0 Å². The molecule has 0 saturated carbocycles. The highest BCUT2D eigenvalue weighted by Gasteiger charge is 2.19. The molecule has 4 heteroatoms. The van der Waals surface area contributed by atoms with Crippen molar-refractivity contribution in [2.24, 2.45) is 0 Å². The van der Waals surface area contributed by atoms with E-state index < -0.39 is 0 Å². The highest BCUT2D eigenvalue weighted by atomic mass is 16.5. The number of hydrogen-bond donors (Lipinski definition) is 1. The number of hydrogen-bond acceptors (Lipinski definition) is 4. The second-order valence-electron chi connectivity index (χ2n) is 3.80. The third kappa shape index (κ3) is 1.64. The first-order valence-corrected chi connectivity index (χ1v) is 4.93. The molecule has 0 radical (unpaired) electrons. The van der Waals surface area contributed by atoms with Crippen LogP contribution in [0, 0.1) is 6.92 Å². The van der Waals surface area contributed by atoms with Crippen LogP contribution >= 0.6 is 0 Å². The Morgan fingerprint density at radius 1 is 1.36 bits per heavy atom. The molecule has 0 aromatic carbocycles. The van der Waals surface area contributed by atoms with Crippen molar-refractivity contribution in [3.8, 4) is 5.88 Å². The lowest BCUT2D eigenvalue weighted by Gasteiger charge is -2.12. The molecular formula is C10H15N3O. The van der Waals surface area contributed by atoms with E-state index in [1.165, 1.54) is 0 Å². The fourth-order valence-electron chi connectivity index (χ4n) is 1.56. The maximum Gasteiger partial charge on any atom is 0.222 e. The summed E-state index contributed by atoms with van der Waals surface area (Å²) >= 11 is 0. The Morgan fingerprint density at radius 2 is 2.14 bits per heavy atom. The van der Waals surface area contributed by atoms with Crippen molar-refractivity contribution in [2.45, 2.75) is 33.2 Å². The average Bonchev–Trinajstić information content (AvgIpc) is 2.50. The Morgan fingerprint density at radius 3 is 2.86 bits per heavy atom. The first-order chi connectivity index (χ1) is 6.66. The van der Waals surface area contributed by atoms with E-state index in [0.29, 0.717) is 6.04 Å². The van der Waals surface area contributed by atoms with Gasteiger partial charge in [0.05, 0.1) is 12.2 Å². The van der Waals surface area contributed by atoms with E-state index in [2.05, 4.69) is 29.1 Å². The molecule has 0 fully saturated rings. The monoisotopic (exact) mass is 193 g/mol. The summed E-state index contributed by atoms with van der Waals surface area (Å²) in [5.74, 6) is 2.44. The Bertz CT molecular complexity index is 349. The molecule has 0 unspecified atom stereocenters. The topological polar surface area (TPSA) is 47.0 Å². The number of aryl methyl sites for hydroxylation is 1. The van der Waals surface area contributed by atoms with Gasteiger partial charge in [0.15, 0.2) is 0 Å². The number of nitrogens with zero attached hydrogens (tertiary/aromatic N) is 2. The summed E-state index contributed by atoms with van der Waals surface area (Å²) < 4.78 is 5.41. The summed E-state index contributed by atoms with van der Waals surface area (Å²) in [6.07, 6.45) is 0.907. The molecule has 1 aliphatic rings. The number of aromatic nitrogens is 2. The van der Waals surface area contributed by atoms with Crippen LogP contribution in [-0.2, 0) is 6.42 Å². The van der Waals surface area contributed by atoms with Gasteiger partial charge in [-0.3, -0.25) is 0 Å². The molecule has 1 aliphatic heterocycles. The van der Waals surface area contributed by atoms with E-state index in [0.717, 1.165) is 36.1 Å². The highest BCUT2D eigenvalue weighted by molar-refractivity contribution is 5.51. The lowest BCUT2D eigenvalue weighted by atomic mass is 10.2. The molecule has 2 rings (SSSR count). The summed E-state index contributed by atoms with van der Waals surface area (Å²) in [7, 11) is 0. The smallest absolute Gasteiger partial charge is 0.222 e. The molecule has 2 heterocycles. The predicted octanol–water partition coefficient (Wildman–Crippen LogP) is 1.54. The molecule has 4 nitrogen and oxygen atoms in total. The van der Waals surface area contributed by atoms with E-state index in [9.17, 15) is 0 Å². The van der Waals surface area contributed by atoms with Gasteiger partial charge in [-0.25, -0.2) is 4.98 Å². The number of anilines is 1. The molecule has 0 aliphatic carbocycles. The van der Waals surface area contributed by atoms with Crippen molar-refractivity contribution >= 4 is 5.82 Å². The molecule has 1 aromatic heterocycles. The van der Waals surface area contributed by atoms with Crippen molar-refractivity contribution in [2.75, 3.05) is 11.9 Å². The summed E-state index contributed by atoms with van der Waals surface area (Å²) in [5.41, 5.74) is 1.12. The Hall–Kier alpha value is -1.32. The summed E-state index contributed by atoms with van der Waals surface area (Å²) in [6, 6.07) is 0.383. The normalized spacial score (nSPS) is 14.0. The van der Waals surface area contributed by atoms with Crippen LogP contribution in [0.5, 0.6) is 5.88 Å². The minimum Gasteiger partial charge on any atom is -0.477 e. The number of fused-ring (bicyclic) bond motifs is 1. The average molecular weight is 193 g/mol. The van der Waals surface area contributed by atoms with Gasteiger partial charge in [0, 0.05) is 12.5 Å². The van der Waals surface area contributed by atoms with Gasteiger partial charge >= 0.3 is 0 Å². The molecule has 0 amide bonds. The molecule has 1 aromatic rings. The lowest BCUT2D eigenvalue weighted by Crippen LogP contribution is -2.13. The number of ether oxygens (including phenoxy) is 1. The van der Waals surface area contributed by atoms with Crippen LogP contribution < -0.4 is 10.1 Å². The van der Waals surface area contributed by atoms with Crippen molar-refractivity contribution in [3.05, 3.63) is 11.4 Å². The fraction of sp³-hybridized carbons (Fsp3) is 0.600. The Kier molecular flexibility index (Phi) is 2.27. The van der Waals surface area contributed by atoms with Gasteiger partial charge in [-0.15, -0.1) is 0 Å². The van der Waals surface area contributed by atoms with E-state index in [-0.39, 0.29) is 0 Å². The van der Waals surface area contributed by atoms with E-state index in [4.69, 9.17) is 4.74 Å². The quantitative estimate of drug-likeness (QED) is 0.774. The highest BCUT2D eigenvalue weighted by Crippen LogP contribution is 2.28. The van der Waals surface area contributed by atoms with Crippen molar-refractivity contribution < 1.29 is 4.74 Å². The fourth-order valence-corrected chi connectivity index (χ4v) is 1.56. The minimum atomic E-state index is 0.383. The number of nitrogens with one attached hydrogen (secondary N) is 1. The van der Waals surface area contributed by atoms with Crippen LogP contribution in [0.25, 0.3) is 0 Å². The van der Waals surface area contributed by atoms with Crippen LogP contribution in [0.3, 0.4) is 0 Å². The molecule has 0 saturated heterocycles. The number of rotatable bonds is 2. The van der Waals surface area contributed by atoms with Gasteiger partial charge in [-0.1, -0.05) is 0 Å². The zero-order chi connectivity index (χ0) is 10.1. The molecule has 1 N–H and O–H groups in total. The zero-order valence-electron chi connectivity index (χ0n) is 8.79. The minimum absolute atomic E-state index is 0.383. The third-order valence-corrected chi connectivity index (χ3v) is 2.10. The van der Waals surface area contributed by atoms with Crippen LogP contribution in [-0.4, -0.2) is 22.6 Å². The third-order valence-electron chi connectivity index (χ3n) is 2.10. The van der Waals surface area contributed by atoms with E-state index in [1.54, 1.807) is 0 Å². The van der Waals surface area contributed by atoms with Crippen LogP contribution in [0.4, 0.5) is 5.82 Å². The standard InChI is InChI=1S/C10H15N3O/c1-6(2)11-9-8-4-5-14-10(8)13-7(3)12-9/h6H,4-5H2,1-3H3,(H,11,12,13). The van der Waals surface area contributed by atoms with Crippen molar-refractivity contribution in [1.82, 2.24) is 9.97 Å². The molecule has 76 valence electrons. The summed E-state index contributed by atoms with van der Waals surface area (Å²) in [5, 5.41) is 3.31. The van der Waals surface area contributed by atoms with Crippen LogP contribution in [0.1, 0.15) is 25.2 Å². The lowest BCUT2D eigenvalue weighted by molar-refractivity contribution is 0.344. The molecule has 0 bridgehead atoms. The zero-order valence-corrected chi connectivity index (χ0v) is 8.79. The van der Waals surface area contributed by atoms with Gasteiger partial charge in [-0.05, 0) is 20.8 Å². The maximum absolute atomic E-state index is 5.41. The molecule has 0 spiro atoms. The van der Waals surface area contributed by atoms with E-state index >= 15 is 0 Å². The molecular weight excluding hydrogens is 178 g/mol. The van der Waals surface area contributed by atoms with Gasteiger partial charge in [-0.2, -0.15) is 4.98 Å². The van der Waals surface area contributed by atoms with Gasteiger partial charge < -0.3 is 10.1 Å². The Balaban J connectivity index is 2.38. The molecule has 0 atom stereocenters. The largest absolute Gasteiger partial charge is 0.477 e. The van der Waals surface area contributed by atoms with Crippen molar-refractivity contribution in [3.63, 3.8) is 0 Å². The summed E-state index contributed by atoms with van der Waals surface area (Å²) in [4.78, 5) is 8.63. The maximum atomic E-state index is 5.41. The second-order valence-corrected chi connectivity index (χ2v) is 3.80. The van der Waals surface area contributed by atoms with Gasteiger partial charge in [0.25, 0.3) is 0 Å². The summed E-state index contributed by atoms with van der Waals surface area (Å²) in [6.45, 7) is 6.80. The SMILES string of the molecule is Cc1nc(NC(C)C)c2c(n1)OCC2. The Labute approximate surface area is 83.7 Å². The van der Waals surface area contributed by atoms with Gasteiger partial charge in [0.1, 0.15) is 11.6 Å². The first kappa shape index (κ1) is 9.24. The van der Waals surface area contributed by atoms with Crippen LogP contribution in [0.15, 0.2) is 0 Å². The van der Waals surface area contributed by atoms with Gasteiger partial charge in [0.2, 0.25) is 5.88 Å². The van der Waals surface area contributed by atoms with Crippen molar-refractivity contribution in [1.29, 1.82) is 0 Å². The first-order valence-electron chi connectivity index (χ1n) is 4.93.